The van der Waals surface area contributed by atoms with Crippen LogP contribution in [0.4, 0.5) is 0 Å². The normalized spacial score (nSPS) is 13.9. The molecule has 0 heterocycles. The molecule has 0 rings (SSSR count). The van der Waals surface area contributed by atoms with Crippen LogP contribution >= 0.6 is 15.6 Å². The molecule has 0 amide bonds. The van der Waals surface area contributed by atoms with Crippen LogP contribution in [0.5, 0.6) is 0 Å². The fraction of sp³-hybridized carbons (Fsp3) is 0.950. The lowest BCUT2D eigenvalue weighted by Gasteiger charge is -2.21. The summed E-state index contributed by atoms with van der Waals surface area (Å²) in [6.45, 7) is 7.33. The van der Waals surface area contributed by atoms with Crippen LogP contribution in [-0.2, 0) is 65.4 Å². The minimum absolute atomic E-state index is 0.108. The monoisotopic (exact) mass is 1450 g/mol. The number of aliphatic hydroxyl groups excluding tert-OH is 1. The summed E-state index contributed by atoms with van der Waals surface area (Å²) in [5, 5.41) is 10.6. The maximum atomic E-state index is 13.1. The molecule has 2 unspecified atom stereocenters. The van der Waals surface area contributed by atoms with Gasteiger partial charge in [-0.1, -0.05) is 375 Å². The maximum absolute atomic E-state index is 13.1. The molecular formula is C80H156O17P2. The number of esters is 4. The molecule has 0 saturated carbocycles. The molecule has 0 aliphatic carbocycles. The van der Waals surface area contributed by atoms with Crippen LogP contribution in [0.1, 0.15) is 426 Å². The Morgan fingerprint density at radius 3 is 0.687 bits per heavy atom. The second kappa shape index (κ2) is 73.0. The average molecular weight is 1450 g/mol. The van der Waals surface area contributed by atoms with Crippen LogP contribution in [0.2, 0.25) is 0 Å². The fourth-order valence-corrected chi connectivity index (χ4v) is 14.0. The van der Waals surface area contributed by atoms with Crippen molar-refractivity contribution in [2.45, 2.75) is 445 Å². The van der Waals surface area contributed by atoms with E-state index < -0.39 is 97.5 Å². The Kier molecular flexibility index (Phi) is 71.6. The van der Waals surface area contributed by atoms with E-state index in [1.54, 1.807) is 0 Å². The zero-order valence-electron chi connectivity index (χ0n) is 64.6. The van der Waals surface area contributed by atoms with Gasteiger partial charge in [0.25, 0.3) is 0 Å². The van der Waals surface area contributed by atoms with Gasteiger partial charge in [0.15, 0.2) is 12.2 Å². The third-order valence-corrected chi connectivity index (χ3v) is 20.7. The second-order valence-corrected chi connectivity index (χ2v) is 32.2. The van der Waals surface area contributed by atoms with Crippen molar-refractivity contribution in [3.05, 3.63) is 0 Å². The lowest BCUT2D eigenvalue weighted by molar-refractivity contribution is -0.161. The van der Waals surface area contributed by atoms with Crippen molar-refractivity contribution in [2.75, 3.05) is 39.6 Å². The van der Waals surface area contributed by atoms with Crippen molar-refractivity contribution in [1.82, 2.24) is 0 Å². The van der Waals surface area contributed by atoms with Gasteiger partial charge in [0.05, 0.1) is 26.4 Å². The fourth-order valence-electron chi connectivity index (χ4n) is 12.4. The van der Waals surface area contributed by atoms with Gasteiger partial charge in [0.2, 0.25) is 0 Å². The third kappa shape index (κ3) is 74.1. The number of hydrogen-bond donors (Lipinski definition) is 3. The van der Waals surface area contributed by atoms with Gasteiger partial charge in [0, 0.05) is 25.7 Å². The quantitative estimate of drug-likeness (QED) is 0.0222. The van der Waals surface area contributed by atoms with E-state index in [-0.39, 0.29) is 25.7 Å². The van der Waals surface area contributed by atoms with Crippen LogP contribution in [-0.4, -0.2) is 96.7 Å². The third-order valence-electron chi connectivity index (χ3n) is 18.8. The first-order valence-electron chi connectivity index (χ1n) is 41.6. The first-order chi connectivity index (χ1) is 48.0. The Morgan fingerprint density at radius 2 is 0.465 bits per heavy atom. The number of ether oxygens (including phenoxy) is 4. The SMILES string of the molecule is CCCCCCCCCCCCCCCCCCCC(=O)OC[C@H](COP(=O)(O)OC[C@@H](O)COP(=O)(O)OC[C@@H](COC(=O)CCCCCCCCCC)OC(=O)CCCCCCCCCCCCCCC)OC(=O)CCCCCCCCCCCCCCCCCCCCC(C)C. The summed E-state index contributed by atoms with van der Waals surface area (Å²) < 4.78 is 68.6. The van der Waals surface area contributed by atoms with Gasteiger partial charge in [-0.25, -0.2) is 9.13 Å². The van der Waals surface area contributed by atoms with Gasteiger partial charge in [-0.3, -0.25) is 37.3 Å². The van der Waals surface area contributed by atoms with E-state index in [1.807, 2.05) is 0 Å². The molecule has 0 aromatic carbocycles. The maximum Gasteiger partial charge on any atom is 0.472 e. The van der Waals surface area contributed by atoms with E-state index in [9.17, 15) is 43.2 Å². The molecule has 0 spiro atoms. The van der Waals surface area contributed by atoms with Crippen molar-refractivity contribution in [3.63, 3.8) is 0 Å². The number of phosphoric ester groups is 2. The Balaban J connectivity index is 5.18. The number of phosphoric acid groups is 2. The topological polar surface area (TPSA) is 237 Å². The van der Waals surface area contributed by atoms with Crippen LogP contribution in [0.15, 0.2) is 0 Å². The number of rotatable bonds is 80. The predicted molar refractivity (Wildman–Crippen MR) is 405 cm³/mol. The van der Waals surface area contributed by atoms with E-state index in [0.29, 0.717) is 25.7 Å². The summed E-state index contributed by atoms with van der Waals surface area (Å²) >= 11 is 0. The first kappa shape index (κ1) is 97.1. The molecule has 0 aliphatic rings. The molecule has 99 heavy (non-hydrogen) atoms. The van der Waals surface area contributed by atoms with Gasteiger partial charge in [-0.2, -0.15) is 0 Å². The summed E-state index contributed by atoms with van der Waals surface area (Å²) in [6.07, 6.45) is 63.9. The van der Waals surface area contributed by atoms with Gasteiger partial charge in [-0.15, -0.1) is 0 Å². The van der Waals surface area contributed by atoms with Crippen LogP contribution < -0.4 is 0 Å². The van der Waals surface area contributed by atoms with Gasteiger partial charge >= 0.3 is 39.5 Å². The van der Waals surface area contributed by atoms with Crippen molar-refractivity contribution in [3.8, 4) is 0 Å². The number of unbranched alkanes of at least 4 members (excludes halogenated alkanes) is 52. The molecule has 0 saturated heterocycles. The molecule has 17 nitrogen and oxygen atoms in total. The van der Waals surface area contributed by atoms with Gasteiger partial charge in [0.1, 0.15) is 19.3 Å². The largest absolute Gasteiger partial charge is 0.472 e. The lowest BCUT2D eigenvalue weighted by atomic mass is 10.0. The first-order valence-corrected chi connectivity index (χ1v) is 44.6. The Labute approximate surface area is 607 Å². The highest BCUT2D eigenvalue weighted by Gasteiger charge is 2.30. The molecule has 0 aromatic heterocycles. The summed E-state index contributed by atoms with van der Waals surface area (Å²) in [5.41, 5.74) is 0. The number of carbonyl (C=O) groups excluding carboxylic acids is 4. The molecule has 0 radical (unpaired) electrons. The summed E-state index contributed by atoms with van der Waals surface area (Å²) in [7, 11) is -9.91. The molecule has 5 atom stereocenters. The molecule has 0 fully saturated rings. The molecule has 0 aliphatic heterocycles. The molecule has 19 heteroatoms. The predicted octanol–water partition coefficient (Wildman–Crippen LogP) is 24.0. The standard InChI is InChI=1S/C80H156O17P2/c1-6-9-12-15-18-21-23-25-26-29-33-37-40-44-49-54-59-64-78(83)91-70-76(97-80(85)66-61-56-51-46-42-38-34-31-28-27-30-32-36-39-43-47-52-57-62-73(4)5)72-95-99(88,89)93-68-74(81)67-92-98(86,87)94-71-75(69-90-77(82)63-58-53-48-20-17-14-11-8-3)96-79(84)65-60-55-50-45-41-35-24-22-19-16-13-10-7-2/h73-76,81H,6-72H2,1-5H3,(H,86,87)(H,88,89)/t74-,75+,76+/m0/s1. The smallest absolute Gasteiger partial charge is 0.462 e. The van der Waals surface area contributed by atoms with Crippen molar-refractivity contribution in [1.29, 1.82) is 0 Å². The van der Waals surface area contributed by atoms with E-state index in [4.69, 9.17) is 37.0 Å². The second-order valence-electron chi connectivity index (χ2n) is 29.3. The molecule has 3 N–H and O–H groups in total. The summed E-state index contributed by atoms with van der Waals surface area (Å²) in [6, 6.07) is 0. The van der Waals surface area contributed by atoms with Gasteiger partial charge in [-0.05, 0) is 31.6 Å². The molecular weight excluding hydrogens is 1290 g/mol. The van der Waals surface area contributed by atoms with Crippen molar-refractivity contribution >= 4 is 39.5 Å². The highest BCUT2D eigenvalue weighted by Crippen LogP contribution is 2.45. The average Bonchev–Trinajstić information content (AvgIpc) is 1.34. The zero-order chi connectivity index (χ0) is 72.7. The number of hydrogen-bond acceptors (Lipinski definition) is 15. The summed E-state index contributed by atoms with van der Waals surface area (Å²) in [4.78, 5) is 72.9. The lowest BCUT2D eigenvalue weighted by Crippen LogP contribution is -2.30. The minimum Gasteiger partial charge on any atom is -0.462 e. The van der Waals surface area contributed by atoms with Crippen LogP contribution in [0.25, 0.3) is 0 Å². The van der Waals surface area contributed by atoms with E-state index in [2.05, 4.69) is 34.6 Å². The van der Waals surface area contributed by atoms with E-state index >= 15 is 0 Å². The van der Waals surface area contributed by atoms with E-state index in [0.717, 1.165) is 102 Å². The van der Waals surface area contributed by atoms with Crippen molar-refractivity contribution in [2.24, 2.45) is 5.92 Å². The highest BCUT2D eigenvalue weighted by atomic mass is 31.2. The number of carbonyl (C=O) groups is 4. The Bertz CT molecular complexity index is 1890. The Hall–Kier alpha value is -1.94. The number of aliphatic hydroxyl groups is 1. The van der Waals surface area contributed by atoms with E-state index in [1.165, 1.54) is 244 Å². The van der Waals surface area contributed by atoms with Gasteiger partial charge < -0.3 is 33.8 Å². The van der Waals surface area contributed by atoms with Crippen molar-refractivity contribution < 1.29 is 80.2 Å². The van der Waals surface area contributed by atoms with Crippen LogP contribution in [0.3, 0.4) is 0 Å². The molecule has 588 valence electrons. The highest BCUT2D eigenvalue weighted by molar-refractivity contribution is 7.47. The molecule has 0 bridgehead atoms. The Morgan fingerprint density at radius 1 is 0.273 bits per heavy atom. The summed E-state index contributed by atoms with van der Waals surface area (Å²) in [5.74, 6) is -1.29. The minimum atomic E-state index is -4.96. The zero-order valence-corrected chi connectivity index (χ0v) is 66.4. The van der Waals surface area contributed by atoms with Crippen LogP contribution in [0, 0.1) is 5.92 Å². The molecule has 0 aromatic rings.